The van der Waals surface area contributed by atoms with Crippen LogP contribution in [-0.4, -0.2) is 21.9 Å². The van der Waals surface area contributed by atoms with E-state index in [1.807, 2.05) is 13.0 Å². The predicted molar refractivity (Wildman–Crippen MR) is 55.2 cm³/mol. The van der Waals surface area contributed by atoms with Gasteiger partial charge >= 0.3 is 0 Å². The molecule has 0 aliphatic rings. The van der Waals surface area contributed by atoms with Gasteiger partial charge in [0, 0.05) is 18.1 Å². The Balaban J connectivity index is 2.53. The van der Waals surface area contributed by atoms with Crippen molar-refractivity contribution >= 4 is 17.4 Å². The molecule has 1 N–H and O–H groups in total. The number of aromatic nitrogens is 2. The molecule has 0 amide bonds. The number of halogens is 1. The Kier molecular flexibility index (Phi) is 3.96. The number of aryl methyl sites for hydroxylation is 1. The largest absolute Gasteiger partial charge is 0.367 e. The van der Waals surface area contributed by atoms with Crippen molar-refractivity contribution in [3.63, 3.8) is 0 Å². The van der Waals surface area contributed by atoms with Crippen LogP contribution in [0.2, 0.25) is 0 Å². The first-order valence-corrected chi connectivity index (χ1v) is 4.88. The van der Waals surface area contributed by atoms with Gasteiger partial charge in [0.15, 0.2) is 0 Å². The summed E-state index contributed by atoms with van der Waals surface area (Å²) in [6.45, 7) is 3.96. The summed E-state index contributed by atoms with van der Waals surface area (Å²) in [5, 5.41) is 3.25. The topological polar surface area (TPSA) is 37.8 Å². The van der Waals surface area contributed by atoms with E-state index in [-0.39, 0.29) is 0 Å². The van der Waals surface area contributed by atoms with E-state index in [9.17, 15) is 0 Å². The number of anilines is 1. The van der Waals surface area contributed by atoms with Gasteiger partial charge < -0.3 is 5.32 Å². The first-order valence-electron chi connectivity index (χ1n) is 4.34. The second-order valence-electron chi connectivity index (χ2n) is 3.01. The van der Waals surface area contributed by atoms with Gasteiger partial charge in [0.2, 0.25) is 0 Å². The first kappa shape index (κ1) is 10.3. The molecule has 0 spiro atoms. The van der Waals surface area contributed by atoms with Crippen LogP contribution >= 0.6 is 11.6 Å². The Morgan fingerprint density at radius 3 is 3.00 bits per heavy atom. The number of rotatable bonds is 4. The number of nitrogens with zero attached hydrogens (tertiary/aromatic N) is 2. The molecule has 0 aliphatic heterocycles. The van der Waals surface area contributed by atoms with Gasteiger partial charge in [-0.1, -0.05) is 0 Å². The first-order chi connectivity index (χ1) is 6.22. The molecule has 1 aromatic rings. The standard InChI is InChI=1S/C9H14ClN3/c1-7(3-5-10)12-9-4-6-11-8(2)13-9/h4,6-7H,3,5H2,1-2H3,(H,11,12,13). The van der Waals surface area contributed by atoms with Crippen LogP contribution in [0.15, 0.2) is 12.3 Å². The highest BCUT2D eigenvalue weighted by atomic mass is 35.5. The smallest absolute Gasteiger partial charge is 0.129 e. The lowest BCUT2D eigenvalue weighted by atomic mass is 10.2. The van der Waals surface area contributed by atoms with E-state index >= 15 is 0 Å². The summed E-state index contributed by atoms with van der Waals surface area (Å²) in [6.07, 6.45) is 2.68. The van der Waals surface area contributed by atoms with Crippen LogP contribution in [0.4, 0.5) is 5.82 Å². The third-order valence-electron chi connectivity index (χ3n) is 1.71. The Bertz CT molecular complexity index is 265. The van der Waals surface area contributed by atoms with Gasteiger partial charge in [0.25, 0.3) is 0 Å². The van der Waals surface area contributed by atoms with E-state index in [0.29, 0.717) is 11.9 Å². The fraction of sp³-hybridized carbons (Fsp3) is 0.556. The number of nitrogens with one attached hydrogen (secondary N) is 1. The molecule has 1 rings (SSSR count). The monoisotopic (exact) mass is 199 g/mol. The Morgan fingerprint density at radius 1 is 1.62 bits per heavy atom. The van der Waals surface area contributed by atoms with Crippen molar-refractivity contribution in [1.29, 1.82) is 0 Å². The van der Waals surface area contributed by atoms with E-state index in [1.54, 1.807) is 6.20 Å². The zero-order valence-electron chi connectivity index (χ0n) is 7.92. The van der Waals surface area contributed by atoms with Crippen LogP contribution in [0.1, 0.15) is 19.2 Å². The summed E-state index contributed by atoms with van der Waals surface area (Å²) >= 11 is 5.62. The van der Waals surface area contributed by atoms with Crippen molar-refractivity contribution in [2.45, 2.75) is 26.3 Å². The summed E-state index contributed by atoms with van der Waals surface area (Å²) in [5.74, 6) is 2.31. The second kappa shape index (κ2) is 5.02. The van der Waals surface area contributed by atoms with Gasteiger partial charge in [0.05, 0.1) is 0 Å². The summed E-state index contributed by atoms with van der Waals surface area (Å²) in [7, 11) is 0. The fourth-order valence-electron chi connectivity index (χ4n) is 1.02. The minimum Gasteiger partial charge on any atom is -0.367 e. The molecule has 0 radical (unpaired) electrons. The van der Waals surface area contributed by atoms with Gasteiger partial charge in [-0.3, -0.25) is 0 Å². The van der Waals surface area contributed by atoms with Crippen molar-refractivity contribution in [2.75, 3.05) is 11.2 Å². The molecule has 72 valence electrons. The molecule has 4 heteroatoms. The summed E-state index contributed by atoms with van der Waals surface area (Å²) in [4.78, 5) is 8.25. The van der Waals surface area contributed by atoms with Crippen LogP contribution < -0.4 is 5.32 Å². The highest BCUT2D eigenvalue weighted by molar-refractivity contribution is 6.17. The molecular weight excluding hydrogens is 186 g/mol. The van der Waals surface area contributed by atoms with Crippen molar-refractivity contribution in [1.82, 2.24) is 9.97 Å². The van der Waals surface area contributed by atoms with Crippen LogP contribution in [0.5, 0.6) is 0 Å². The van der Waals surface area contributed by atoms with E-state index in [4.69, 9.17) is 11.6 Å². The average Bonchev–Trinajstić information content (AvgIpc) is 2.04. The third kappa shape index (κ3) is 3.59. The number of hydrogen-bond acceptors (Lipinski definition) is 3. The number of alkyl halides is 1. The molecule has 1 unspecified atom stereocenters. The summed E-state index contributed by atoms with van der Waals surface area (Å²) in [5.41, 5.74) is 0. The van der Waals surface area contributed by atoms with Crippen LogP contribution in [-0.2, 0) is 0 Å². The summed E-state index contributed by atoms with van der Waals surface area (Å²) < 4.78 is 0. The van der Waals surface area contributed by atoms with Gasteiger partial charge in [-0.15, -0.1) is 11.6 Å². The van der Waals surface area contributed by atoms with Gasteiger partial charge in [-0.25, -0.2) is 9.97 Å². The fourth-order valence-corrected chi connectivity index (χ4v) is 1.35. The van der Waals surface area contributed by atoms with Gasteiger partial charge in [-0.2, -0.15) is 0 Å². The SMILES string of the molecule is Cc1nccc(NC(C)CCCl)n1. The van der Waals surface area contributed by atoms with Gasteiger partial charge in [-0.05, 0) is 26.3 Å². The molecule has 1 aromatic heterocycles. The van der Waals surface area contributed by atoms with E-state index in [2.05, 4.69) is 22.2 Å². The lowest BCUT2D eigenvalue weighted by molar-refractivity contribution is 0.761. The molecule has 0 saturated carbocycles. The van der Waals surface area contributed by atoms with E-state index in [0.717, 1.165) is 18.1 Å². The minimum absolute atomic E-state index is 0.354. The van der Waals surface area contributed by atoms with Gasteiger partial charge in [0.1, 0.15) is 11.6 Å². The van der Waals surface area contributed by atoms with Crippen LogP contribution in [0, 0.1) is 6.92 Å². The molecule has 0 saturated heterocycles. The van der Waals surface area contributed by atoms with Crippen molar-refractivity contribution in [3.05, 3.63) is 18.1 Å². The predicted octanol–water partition coefficient (Wildman–Crippen LogP) is 2.21. The third-order valence-corrected chi connectivity index (χ3v) is 1.93. The zero-order chi connectivity index (χ0) is 9.68. The highest BCUT2D eigenvalue weighted by Gasteiger charge is 2.01. The zero-order valence-corrected chi connectivity index (χ0v) is 8.67. The Hall–Kier alpha value is -0.830. The highest BCUT2D eigenvalue weighted by Crippen LogP contribution is 2.05. The van der Waals surface area contributed by atoms with E-state index < -0.39 is 0 Å². The molecule has 1 heterocycles. The molecule has 1 atom stereocenters. The molecule has 13 heavy (non-hydrogen) atoms. The maximum absolute atomic E-state index is 5.62. The van der Waals surface area contributed by atoms with Crippen molar-refractivity contribution < 1.29 is 0 Å². The lowest BCUT2D eigenvalue weighted by Crippen LogP contribution is -2.16. The maximum atomic E-state index is 5.62. The van der Waals surface area contributed by atoms with Crippen LogP contribution in [0.25, 0.3) is 0 Å². The molecule has 3 nitrogen and oxygen atoms in total. The molecular formula is C9H14ClN3. The van der Waals surface area contributed by atoms with Crippen molar-refractivity contribution in [3.8, 4) is 0 Å². The van der Waals surface area contributed by atoms with E-state index in [1.165, 1.54) is 0 Å². The van der Waals surface area contributed by atoms with Crippen LogP contribution in [0.3, 0.4) is 0 Å². The normalized spacial score (nSPS) is 12.5. The summed E-state index contributed by atoms with van der Waals surface area (Å²) in [6, 6.07) is 2.21. The molecule has 0 aliphatic carbocycles. The molecule has 0 aromatic carbocycles. The second-order valence-corrected chi connectivity index (χ2v) is 3.39. The average molecular weight is 200 g/mol. The maximum Gasteiger partial charge on any atom is 0.129 e. The lowest BCUT2D eigenvalue weighted by Gasteiger charge is -2.12. The minimum atomic E-state index is 0.354. The quantitative estimate of drug-likeness (QED) is 0.756. The Morgan fingerprint density at radius 2 is 2.38 bits per heavy atom. The number of hydrogen-bond donors (Lipinski definition) is 1. The molecule has 0 fully saturated rings. The molecule has 0 bridgehead atoms. The van der Waals surface area contributed by atoms with Crippen molar-refractivity contribution in [2.24, 2.45) is 0 Å². The Labute approximate surface area is 83.5 Å².